The summed E-state index contributed by atoms with van der Waals surface area (Å²) in [5.41, 5.74) is 6.80. The number of nitrogens with two attached hydrogens (primary N) is 1. The predicted octanol–water partition coefficient (Wildman–Crippen LogP) is 4.24. The second-order valence-electron chi connectivity index (χ2n) is 5.22. The van der Waals surface area contributed by atoms with Gasteiger partial charge in [0.05, 0.1) is 0 Å². The van der Waals surface area contributed by atoms with Crippen LogP contribution in [0.3, 0.4) is 0 Å². The molecule has 4 heteroatoms. The molecule has 114 valence electrons. The van der Waals surface area contributed by atoms with Crippen molar-refractivity contribution in [2.24, 2.45) is 11.7 Å². The van der Waals surface area contributed by atoms with E-state index in [-0.39, 0.29) is 11.9 Å². The summed E-state index contributed by atoms with van der Waals surface area (Å²) in [6, 6.07) is 4.71. The molecule has 0 aromatic heterocycles. The van der Waals surface area contributed by atoms with Gasteiger partial charge in [-0.2, -0.15) is 0 Å². The van der Waals surface area contributed by atoms with Crippen molar-refractivity contribution in [3.8, 4) is 0 Å². The molecular weight excluding hydrogens is 275 g/mol. The fourth-order valence-corrected chi connectivity index (χ4v) is 2.85. The van der Waals surface area contributed by atoms with Crippen LogP contribution in [0.5, 0.6) is 0 Å². The minimum atomic E-state index is -0.301. The monoisotopic (exact) mass is 300 g/mol. The highest BCUT2D eigenvalue weighted by Gasteiger charge is 2.21. The van der Waals surface area contributed by atoms with Crippen LogP contribution in [0.4, 0.5) is 4.39 Å². The van der Waals surface area contributed by atoms with E-state index < -0.39 is 0 Å². The minimum Gasteiger partial charge on any atom is -0.329 e. The lowest BCUT2D eigenvalue weighted by atomic mass is 9.99. The SMILES string of the molecule is CCC(CC)CN(CC)C(CN)c1cc(F)cc(Cl)c1. The third-order valence-electron chi connectivity index (χ3n) is 3.99. The first-order valence-corrected chi connectivity index (χ1v) is 7.83. The van der Waals surface area contributed by atoms with E-state index in [9.17, 15) is 4.39 Å². The van der Waals surface area contributed by atoms with Crippen molar-refractivity contribution in [2.75, 3.05) is 19.6 Å². The summed E-state index contributed by atoms with van der Waals surface area (Å²) in [5, 5.41) is 0.428. The number of hydrogen-bond acceptors (Lipinski definition) is 2. The Labute approximate surface area is 127 Å². The van der Waals surface area contributed by atoms with Crippen LogP contribution in [0, 0.1) is 11.7 Å². The van der Waals surface area contributed by atoms with Crippen molar-refractivity contribution < 1.29 is 4.39 Å². The summed E-state index contributed by atoms with van der Waals surface area (Å²) < 4.78 is 13.5. The average Bonchev–Trinajstić information content (AvgIpc) is 2.42. The van der Waals surface area contributed by atoms with Crippen molar-refractivity contribution in [1.29, 1.82) is 0 Å². The first-order valence-electron chi connectivity index (χ1n) is 7.45. The topological polar surface area (TPSA) is 29.3 Å². The predicted molar refractivity (Wildman–Crippen MR) is 84.5 cm³/mol. The van der Waals surface area contributed by atoms with Gasteiger partial charge < -0.3 is 5.73 Å². The van der Waals surface area contributed by atoms with Crippen LogP contribution in [0.15, 0.2) is 18.2 Å². The molecule has 0 saturated carbocycles. The largest absolute Gasteiger partial charge is 0.329 e. The minimum absolute atomic E-state index is 0.0220. The number of halogens is 2. The number of benzene rings is 1. The van der Waals surface area contributed by atoms with Gasteiger partial charge in [0.15, 0.2) is 0 Å². The number of rotatable bonds is 8. The Bertz CT molecular complexity index is 387. The Morgan fingerprint density at radius 3 is 2.30 bits per heavy atom. The third-order valence-corrected chi connectivity index (χ3v) is 4.21. The van der Waals surface area contributed by atoms with E-state index in [0.717, 1.165) is 31.5 Å². The number of hydrogen-bond donors (Lipinski definition) is 1. The van der Waals surface area contributed by atoms with Crippen LogP contribution < -0.4 is 5.73 Å². The van der Waals surface area contributed by atoms with Crippen LogP contribution in [0.1, 0.15) is 45.2 Å². The lowest BCUT2D eigenvalue weighted by Gasteiger charge is -2.33. The summed E-state index contributed by atoms with van der Waals surface area (Å²) in [6.45, 7) is 8.88. The molecule has 0 amide bonds. The number of nitrogens with zero attached hydrogens (tertiary/aromatic N) is 1. The van der Waals surface area contributed by atoms with Crippen molar-refractivity contribution in [3.63, 3.8) is 0 Å². The fourth-order valence-electron chi connectivity index (χ4n) is 2.62. The van der Waals surface area contributed by atoms with Gasteiger partial charge in [-0.1, -0.05) is 45.2 Å². The summed E-state index contributed by atoms with van der Waals surface area (Å²) in [7, 11) is 0. The van der Waals surface area contributed by atoms with Gasteiger partial charge in [-0.25, -0.2) is 4.39 Å². The van der Waals surface area contributed by atoms with Crippen LogP contribution >= 0.6 is 11.6 Å². The molecular formula is C16H26ClFN2. The van der Waals surface area contributed by atoms with E-state index in [0.29, 0.717) is 17.5 Å². The van der Waals surface area contributed by atoms with E-state index in [1.165, 1.54) is 6.07 Å². The number of likely N-dealkylation sites (N-methyl/N-ethyl adjacent to an activating group) is 1. The van der Waals surface area contributed by atoms with Gasteiger partial charge in [0, 0.05) is 24.2 Å². The third kappa shape index (κ3) is 4.72. The Morgan fingerprint density at radius 2 is 1.85 bits per heavy atom. The molecule has 1 rings (SSSR count). The zero-order chi connectivity index (χ0) is 15.1. The Kier molecular flexibility index (Phi) is 7.49. The quantitative estimate of drug-likeness (QED) is 0.778. The maximum absolute atomic E-state index is 13.5. The van der Waals surface area contributed by atoms with Gasteiger partial charge in [0.2, 0.25) is 0 Å². The van der Waals surface area contributed by atoms with Crippen molar-refractivity contribution in [3.05, 3.63) is 34.6 Å². The molecule has 2 nitrogen and oxygen atoms in total. The van der Waals surface area contributed by atoms with Gasteiger partial charge in [-0.3, -0.25) is 4.90 Å². The molecule has 1 aromatic carbocycles. The van der Waals surface area contributed by atoms with E-state index in [2.05, 4.69) is 25.7 Å². The van der Waals surface area contributed by atoms with E-state index >= 15 is 0 Å². The molecule has 1 unspecified atom stereocenters. The van der Waals surface area contributed by atoms with E-state index in [1.807, 2.05) is 6.07 Å². The summed E-state index contributed by atoms with van der Waals surface area (Å²) in [5.74, 6) is 0.345. The fraction of sp³-hybridized carbons (Fsp3) is 0.625. The molecule has 0 saturated heterocycles. The van der Waals surface area contributed by atoms with Crippen LogP contribution in [-0.4, -0.2) is 24.5 Å². The highest BCUT2D eigenvalue weighted by molar-refractivity contribution is 6.30. The molecule has 1 aromatic rings. The molecule has 1 atom stereocenters. The second-order valence-corrected chi connectivity index (χ2v) is 5.66. The molecule has 0 bridgehead atoms. The molecule has 0 aliphatic rings. The maximum Gasteiger partial charge on any atom is 0.125 e. The van der Waals surface area contributed by atoms with Crippen molar-refractivity contribution >= 4 is 11.6 Å². The lowest BCUT2D eigenvalue weighted by molar-refractivity contribution is 0.174. The Balaban J connectivity index is 2.96. The first-order chi connectivity index (χ1) is 9.55. The van der Waals surface area contributed by atoms with Crippen molar-refractivity contribution in [2.45, 2.75) is 39.7 Å². The zero-order valence-electron chi connectivity index (χ0n) is 12.7. The van der Waals surface area contributed by atoms with E-state index in [4.69, 9.17) is 17.3 Å². The van der Waals surface area contributed by atoms with Gasteiger partial charge in [0.1, 0.15) is 5.82 Å². The summed E-state index contributed by atoms with van der Waals surface area (Å²) >= 11 is 5.96. The molecule has 20 heavy (non-hydrogen) atoms. The van der Waals surface area contributed by atoms with Gasteiger partial charge in [-0.15, -0.1) is 0 Å². The van der Waals surface area contributed by atoms with Crippen LogP contribution in [0.2, 0.25) is 5.02 Å². The molecule has 0 aliphatic heterocycles. The van der Waals surface area contributed by atoms with Gasteiger partial charge in [0.25, 0.3) is 0 Å². The van der Waals surface area contributed by atoms with Gasteiger partial charge >= 0.3 is 0 Å². The molecule has 0 radical (unpaired) electrons. The second kappa shape index (κ2) is 8.60. The first kappa shape index (κ1) is 17.4. The van der Waals surface area contributed by atoms with Gasteiger partial charge in [-0.05, 0) is 36.2 Å². The Hall–Kier alpha value is -0.640. The normalized spacial score (nSPS) is 13.2. The molecule has 0 heterocycles. The van der Waals surface area contributed by atoms with Crippen LogP contribution in [-0.2, 0) is 0 Å². The standard InChI is InChI=1S/C16H26ClFN2/c1-4-12(5-2)11-20(6-3)16(10-19)13-7-14(17)9-15(18)8-13/h7-9,12,16H,4-6,10-11,19H2,1-3H3. The highest BCUT2D eigenvalue weighted by atomic mass is 35.5. The van der Waals surface area contributed by atoms with E-state index in [1.54, 1.807) is 6.07 Å². The van der Waals surface area contributed by atoms with Crippen molar-refractivity contribution in [1.82, 2.24) is 4.90 Å². The Morgan fingerprint density at radius 1 is 1.20 bits per heavy atom. The highest BCUT2D eigenvalue weighted by Crippen LogP contribution is 2.25. The van der Waals surface area contributed by atoms with Crippen LogP contribution in [0.25, 0.3) is 0 Å². The average molecular weight is 301 g/mol. The lowest BCUT2D eigenvalue weighted by Crippen LogP contribution is -2.37. The zero-order valence-corrected chi connectivity index (χ0v) is 13.5. The summed E-state index contributed by atoms with van der Waals surface area (Å²) in [6.07, 6.45) is 2.29. The molecule has 2 N–H and O–H groups in total. The molecule has 0 fully saturated rings. The maximum atomic E-state index is 13.5. The molecule has 0 spiro atoms. The molecule has 0 aliphatic carbocycles. The summed E-state index contributed by atoms with van der Waals surface area (Å²) in [4.78, 5) is 2.32. The smallest absolute Gasteiger partial charge is 0.125 e.